The monoisotopic (exact) mass is 252 g/mol. The molecule has 0 aliphatic heterocycles. The molecule has 0 bridgehead atoms. The van der Waals surface area contributed by atoms with Crippen molar-refractivity contribution in [1.82, 2.24) is 14.8 Å². The van der Waals surface area contributed by atoms with Crippen LogP contribution in [0.2, 0.25) is 0 Å². The molecule has 0 unspecified atom stereocenters. The lowest BCUT2D eigenvalue weighted by Gasteiger charge is -2.07. The summed E-state index contributed by atoms with van der Waals surface area (Å²) in [6.07, 6.45) is 3.87. The summed E-state index contributed by atoms with van der Waals surface area (Å²) in [7, 11) is 1.94. The third kappa shape index (κ3) is 2.29. The van der Waals surface area contributed by atoms with Crippen LogP contribution >= 0.6 is 0 Å². The molecule has 1 N–H and O–H groups in total. The number of rotatable bonds is 3. The molecule has 0 radical (unpaired) electrons. The summed E-state index contributed by atoms with van der Waals surface area (Å²) in [6.45, 7) is 2.76. The van der Waals surface area contributed by atoms with Crippen molar-refractivity contribution in [3.8, 4) is 0 Å². The number of hydrogen-bond donors (Lipinski definition) is 1. The minimum Gasteiger partial charge on any atom is -0.365 e. The van der Waals surface area contributed by atoms with E-state index in [0.29, 0.717) is 0 Å². The molecule has 3 aromatic rings. The van der Waals surface area contributed by atoms with Crippen molar-refractivity contribution in [2.75, 3.05) is 5.32 Å². The molecule has 0 fully saturated rings. The predicted molar refractivity (Wildman–Crippen MR) is 77.0 cm³/mol. The van der Waals surface area contributed by atoms with Crippen molar-refractivity contribution in [1.29, 1.82) is 0 Å². The summed E-state index contributed by atoms with van der Waals surface area (Å²) in [5, 5.41) is 10.1. The van der Waals surface area contributed by atoms with E-state index in [1.807, 2.05) is 49.2 Å². The molecule has 4 nitrogen and oxygen atoms in total. The van der Waals surface area contributed by atoms with Gasteiger partial charge < -0.3 is 5.32 Å². The van der Waals surface area contributed by atoms with E-state index >= 15 is 0 Å². The van der Waals surface area contributed by atoms with E-state index in [1.54, 1.807) is 0 Å². The third-order valence-electron chi connectivity index (χ3n) is 3.24. The SMILES string of the molecule is Cc1nn(C)cc1CNc1nccc2ccccc12. The van der Waals surface area contributed by atoms with E-state index in [0.717, 1.165) is 23.4 Å². The molecular formula is C15H16N4. The second-order valence-electron chi connectivity index (χ2n) is 4.65. The van der Waals surface area contributed by atoms with Crippen molar-refractivity contribution in [3.05, 3.63) is 54.0 Å². The van der Waals surface area contributed by atoms with Gasteiger partial charge in [-0.05, 0) is 18.4 Å². The zero-order valence-corrected chi connectivity index (χ0v) is 11.1. The molecule has 0 saturated heterocycles. The predicted octanol–water partition coefficient (Wildman–Crippen LogP) is 2.89. The Morgan fingerprint density at radius 3 is 2.84 bits per heavy atom. The lowest BCUT2D eigenvalue weighted by atomic mass is 10.1. The first-order chi connectivity index (χ1) is 9.24. The van der Waals surface area contributed by atoms with Crippen LogP contribution in [0.25, 0.3) is 10.8 Å². The molecule has 2 heterocycles. The second kappa shape index (κ2) is 4.72. The fourth-order valence-electron chi connectivity index (χ4n) is 2.26. The van der Waals surface area contributed by atoms with Gasteiger partial charge in [-0.25, -0.2) is 4.98 Å². The summed E-state index contributed by atoms with van der Waals surface area (Å²) >= 11 is 0. The summed E-state index contributed by atoms with van der Waals surface area (Å²) in [5.74, 6) is 0.918. The lowest BCUT2D eigenvalue weighted by Crippen LogP contribution is -2.02. The highest BCUT2D eigenvalue weighted by atomic mass is 15.3. The van der Waals surface area contributed by atoms with Crippen molar-refractivity contribution < 1.29 is 0 Å². The van der Waals surface area contributed by atoms with E-state index < -0.39 is 0 Å². The fourth-order valence-corrected chi connectivity index (χ4v) is 2.26. The number of aryl methyl sites for hydroxylation is 2. The van der Waals surface area contributed by atoms with Gasteiger partial charge in [0.25, 0.3) is 0 Å². The summed E-state index contributed by atoms with van der Waals surface area (Å²) in [4.78, 5) is 4.42. The Hall–Kier alpha value is -2.36. The fraction of sp³-hybridized carbons (Fsp3) is 0.200. The molecule has 0 amide bonds. The number of benzene rings is 1. The molecule has 3 rings (SSSR count). The van der Waals surface area contributed by atoms with Crippen LogP contribution in [0.15, 0.2) is 42.7 Å². The molecule has 0 aliphatic carbocycles. The molecule has 2 aromatic heterocycles. The average Bonchev–Trinajstić information content (AvgIpc) is 2.74. The number of anilines is 1. The first-order valence-electron chi connectivity index (χ1n) is 6.31. The van der Waals surface area contributed by atoms with E-state index in [2.05, 4.69) is 27.5 Å². The summed E-state index contributed by atoms with van der Waals surface area (Å²) < 4.78 is 1.84. The van der Waals surface area contributed by atoms with Gasteiger partial charge in [-0.3, -0.25) is 4.68 Å². The quantitative estimate of drug-likeness (QED) is 0.779. The van der Waals surface area contributed by atoms with Gasteiger partial charge in [0.15, 0.2) is 0 Å². The molecule has 96 valence electrons. The van der Waals surface area contributed by atoms with E-state index in [9.17, 15) is 0 Å². The van der Waals surface area contributed by atoms with Gasteiger partial charge in [0.1, 0.15) is 5.82 Å². The Labute approximate surface area is 112 Å². The maximum Gasteiger partial charge on any atom is 0.134 e. The van der Waals surface area contributed by atoms with E-state index in [-0.39, 0.29) is 0 Å². The highest BCUT2D eigenvalue weighted by Crippen LogP contribution is 2.21. The molecule has 0 saturated carbocycles. The van der Waals surface area contributed by atoms with Crippen LogP contribution in [0, 0.1) is 6.92 Å². The molecule has 4 heteroatoms. The van der Waals surface area contributed by atoms with Gasteiger partial charge in [-0.2, -0.15) is 5.10 Å². The van der Waals surface area contributed by atoms with Gasteiger partial charge in [0.05, 0.1) is 5.69 Å². The average molecular weight is 252 g/mol. The Morgan fingerprint density at radius 2 is 2.05 bits per heavy atom. The molecular weight excluding hydrogens is 236 g/mol. The highest BCUT2D eigenvalue weighted by molar-refractivity contribution is 5.91. The van der Waals surface area contributed by atoms with Crippen LogP contribution in [0.5, 0.6) is 0 Å². The number of nitrogens with zero attached hydrogens (tertiary/aromatic N) is 3. The number of nitrogens with one attached hydrogen (secondary N) is 1. The Kier molecular flexibility index (Phi) is 2.91. The van der Waals surface area contributed by atoms with Crippen LogP contribution in [0.4, 0.5) is 5.82 Å². The number of aromatic nitrogens is 3. The van der Waals surface area contributed by atoms with Gasteiger partial charge in [-0.1, -0.05) is 24.3 Å². The number of hydrogen-bond acceptors (Lipinski definition) is 3. The van der Waals surface area contributed by atoms with Crippen molar-refractivity contribution in [3.63, 3.8) is 0 Å². The van der Waals surface area contributed by atoms with Crippen molar-refractivity contribution >= 4 is 16.6 Å². The Balaban J connectivity index is 1.88. The molecule has 0 spiro atoms. The van der Waals surface area contributed by atoms with Gasteiger partial charge in [0, 0.05) is 36.9 Å². The molecule has 0 aliphatic rings. The van der Waals surface area contributed by atoms with Crippen LogP contribution in [0.1, 0.15) is 11.3 Å². The highest BCUT2D eigenvalue weighted by Gasteiger charge is 2.05. The van der Waals surface area contributed by atoms with E-state index in [4.69, 9.17) is 0 Å². The van der Waals surface area contributed by atoms with Crippen LogP contribution in [-0.2, 0) is 13.6 Å². The van der Waals surface area contributed by atoms with Crippen LogP contribution in [-0.4, -0.2) is 14.8 Å². The molecule has 1 aromatic carbocycles. The topological polar surface area (TPSA) is 42.7 Å². The first kappa shape index (κ1) is 11.7. The molecule has 0 atom stereocenters. The third-order valence-corrected chi connectivity index (χ3v) is 3.24. The Morgan fingerprint density at radius 1 is 1.21 bits per heavy atom. The smallest absolute Gasteiger partial charge is 0.134 e. The minimum absolute atomic E-state index is 0.737. The van der Waals surface area contributed by atoms with E-state index in [1.165, 1.54) is 10.9 Å². The normalized spacial score (nSPS) is 10.8. The number of pyridine rings is 1. The van der Waals surface area contributed by atoms with Crippen molar-refractivity contribution in [2.24, 2.45) is 7.05 Å². The van der Waals surface area contributed by atoms with Gasteiger partial charge in [-0.15, -0.1) is 0 Å². The second-order valence-corrected chi connectivity index (χ2v) is 4.65. The zero-order chi connectivity index (χ0) is 13.2. The summed E-state index contributed by atoms with van der Waals surface area (Å²) in [5.41, 5.74) is 2.24. The van der Waals surface area contributed by atoms with Crippen LogP contribution in [0.3, 0.4) is 0 Å². The standard InChI is InChI=1S/C15H16N4/c1-11-13(10-19(2)18-11)9-17-15-14-6-4-3-5-12(14)7-8-16-15/h3-8,10H,9H2,1-2H3,(H,16,17). The molecule has 19 heavy (non-hydrogen) atoms. The maximum absolute atomic E-state index is 4.42. The maximum atomic E-state index is 4.42. The van der Waals surface area contributed by atoms with Crippen LogP contribution < -0.4 is 5.32 Å². The zero-order valence-electron chi connectivity index (χ0n) is 11.1. The van der Waals surface area contributed by atoms with Gasteiger partial charge >= 0.3 is 0 Å². The Bertz CT molecular complexity index is 710. The lowest BCUT2D eigenvalue weighted by molar-refractivity contribution is 0.756. The number of fused-ring (bicyclic) bond motifs is 1. The largest absolute Gasteiger partial charge is 0.365 e. The summed E-state index contributed by atoms with van der Waals surface area (Å²) in [6, 6.07) is 10.3. The minimum atomic E-state index is 0.737. The van der Waals surface area contributed by atoms with Crippen molar-refractivity contribution in [2.45, 2.75) is 13.5 Å². The first-order valence-corrected chi connectivity index (χ1v) is 6.31. The van der Waals surface area contributed by atoms with Gasteiger partial charge in [0.2, 0.25) is 0 Å².